The molecule has 2 heterocycles. The van der Waals surface area contributed by atoms with Gasteiger partial charge in [0.15, 0.2) is 0 Å². The third kappa shape index (κ3) is 3.30. The van der Waals surface area contributed by atoms with E-state index in [1.165, 1.54) is 0 Å². The second-order valence-electron chi connectivity index (χ2n) is 6.59. The smallest absolute Gasteiger partial charge is 0.259 e. The number of nitrogens with one attached hydrogen (secondary N) is 1. The van der Waals surface area contributed by atoms with Crippen molar-refractivity contribution < 1.29 is 9.53 Å². The van der Waals surface area contributed by atoms with Gasteiger partial charge in [0, 0.05) is 25.2 Å². The van der Waals surface area contributed by atoms with Crippen LogP contribution in [-0.4, -0.2) is 34.0 Å². The number of benzene rings is 2. The molecular formula is C22H22N4O2. The highest BCUT2D eigenvalue weighted by atomic mass is 16.5. The minimum Gasteiger partial charge on any atom is -0.383 e. The average Bonchev–Trinajstić information content (AvgIpc) is 3.31. The Bertz CT molecular complexity index is 1110. The van der Waals surface area contributed by atoms with Crippen molar-refractivity contribution >= 4 is 22.5 Å². The monoisotopic (exact) mass is 374 g/mol. The first-order chi connectivity index (χ1) is 13.7. The van der Waals surface area contributed by atoms with Crippen molar-refractivity contribution in [2.24, 2.45) is 0 Å². The van der Waals surface area contributed by atoms with Crippen molar-refractivity contribution in [3.05, 3.63) is 78.2 Å². The number of amides is 1. The zero-order valence-electron chi connectivity index (χ0n) is 15.9. The zero-order chi connectivity index (χ0) is 19.5. The Hall–Kier alpha value is -3.38. The van der Waals surface area contributed by atoms with Gasteiger partial charge in [-0.1, -0.05) is 24.3 Å². The maximum atomic E-state index is 12.9. The van der Waals surface area contributed by atoms with Crippen molar-refractivity contribution in [3.63, 3.8) is 0 Å². The van der Waals surface area contributed by atoms with E-state index in [2.05, 4.69) is 15.0 Å². The van der Waals surface area contributed by atoms with Crippen LogP contribution in [-0.2, 0) is 11.3 Å². The molecule has 0 saturated heterocycles. The molecule has 0 aliphatic rings. The highest BCUT2D eigenvalue weighted by molar-refractivity contribution is 6.09. The lowest BCUT2D eigenvalue weighted by Gasteiger charge is -2.09. The number of methoxy groups -OCH3 is 1. The largest absolute Gasteiger partial charge is 0.383 e. The molecule has 6 heteroatoms. The Morgan fingerprint density at radius 3 is 2.71 bits per heavy atom. The fourth-order valence-corrected chi connectivity index (χ4v) is 3.37. The van der Waals surface area contributed by atoms with E-state index in [0.29, 0.717) is 12.2 Å². The Morgan fingerprint density at radius 2 is 1.93 bits per heavy atom. The summed E-state index contributed by atoms with van der Waals surface area (Å²) in [6, 6.07) is 17.7. The molecule has 1 amide bonds. The predicted molar refractivity (Wildman–Crippen MR) is 110 cm³/mol. The van der Waals surface area contributed by atoms with Crippen LogP contribution in [0.3, 0.4) is 0 Å². The SMILES string of the molecule is COCCn1ccc2c(NC(=O)c3cnn(-c4ccccc4)c3C)cccc21. The van der Waals surface area contributed by atoms with Gasteiger partial charge in [-0.15, -0.1) is 0 Å². The minimum absolute atomic E-state index is 0.170. The van der Waals surface area contributed by atoms with E-state index in [1.807, 2.05) is 67.7 Å². The van der Waals surface area contributed by atoms with Crippen LogP contribution in [0.15, 0.2) is 67.0 Å². The first-order valence-corrected chi connectivity index (χ1v) is 9.17. The van der Waals surface area contributed by atoms with Crippen LogP contribution in [0.2, 0.25) is 0 Å². The summed E-state index contributed by atoms with van der Waals surface area (Å²) >= 11 is 0. The molecule has 0 bridgehead atoms. The summed E-state index contributed by atoms with van der Waals surface area (Å²) < 4.78 is 9.06. The molecule has 0 spiro atoms. The molecule has 2 aromatic carbocycles. The fourth-order valence-electron chi connectivity index (χ4n) is 3.37. The molecule has 0 aliphatic carbocycles. The number of aromatic nitrogens is 3. The molecule has 4 rings (SSSR count). The molecule has 142 valence electrons. The Labute approximate surface area is 163 Å². The van der Waals surface area contributed by atoms with Crippen LogP contribution < -0.4 is 5.32 Å². The van der Waals surface area contributed by atoms with Crippen molar-refractivity contribution in [1.29, 1.82) is 0 Å². The molecule has 4 aromatic rings. The average molecular weight is 374 g/mol. The Morgan fingerprint density at radius 1 is 1.11 bits per heavy atom. The molecular weight excluding hydrogens is 352 g/mol. The molecule has 0 unspecified atom stereocenters. The van der Waals surface area contributed by atoms with Crippen LogP contribution in [0.4, 0.5) is 5.69 Å². The number of ether oxygens (including phenoxy) is 1. The van der Waals surface area contributed by atoms with Crippen LogP contribution in [0, 0.1) is 6.92 Å². The number of nitrogens with zero attached hydrogens (tertiary/aromatic N) is 3. The number of hydrogen-bond acceptors (Lipinski definition) is 3. The molecule has 2 aromatic heterocycles. The summed E-state index contributed by atoms with van der Waals surface area (Å²) in [6.07, 6.45) is 3.62. The highest BCUT2D eigenvalue weighted by Crippen LogP contribution is 2.25. The maximum Gasteiger partial charge on any atom is 0.259 e. The second-order valence-corrected chi connectivity index (χ2v) is 6.59. The van der Waals surface area contributed by atoms with E-state index in [1.54, 1.807) is 18.0 Å². The zero-order valence-corrected chi connectivity index (χ0v) is 15.9. The second kappa shape index (κ2) is 7.70. The van der Waals surface area contributed by atoms with E-state index >= 15 is 0 Å². The van der Waals surface area contributed by atoms with Gasteiger partial charge in [-0.05, 0) is 37.3 Å². The summed E-state index contributed by atoms with van der Waals surface area (Å²) in [7, 11) is 1.69. The Kier molecular flexibility index (Phi) is 4.95. The van der Waals surface area contributed by atoms with E-state index in [4.69, 9.17) is 4.74 Å². The van der Waals surface area contributed by atoms with Gasteiger partial charge in [0.2, 0.25) is 0 Å². The lowest BCUT2D eigenvalue weighted by Crippen LogP contribution is -2.13. The molecule has 0 radical (unpaired) electrons. The molecule has 0 saturated carbocycles. The molecule has 0 atom stereocenters. The van der Waals surface area contributed by atoms with E-state index < -0.39 is 0 Å². The van der Waals surface area contributed by atoms with E-state index in [0.717, 1.165) is 34.5 Å². The third-order valence-electron chi connectivity index (χ3n) is 4.85. The van der Waals surface area contributed by atoms with Gasteiger partial charge in [-0.3, -0.25) is 4.79 Å². The highest BCUT2D eigenvalue weighted by Gasteiger charge is 2.16. The number of carbonyl (C=O) groups is 1. The number of hydrogen-bond donors (Lipinski definition) is 1. The minimum atomic E-state index is -0.170. The summed E-state index contributed by atoms with van der Waals surface area (Å²) in [6.45, 7) is 3.30. The van der Waals surface area contributed by atoms with Gasteiger partial charge >= 0.3 is 0 Å². The lowest BCUT2D eigenvalue weighted by atomic mass is 10.2. The molecule has 0 fully saturated rings. The number of para-hydroxylation sites is 1. The Balaban J connectivity index is 1.61. The maximum absolute atomic E-state index is 12.9. The lowest BCUT2D eigenvalue weighted by molar-refractivity contribution is 0.102. The first-order valence-electron chi connectivity index (χ1n) is 9.17. The van der Waals surface area contributed by atoms with Gasteiger partial charge in [0.05, 0.1) is 41.0 Å². The number of anilines is 1. The van der Waals surface area contributed by atoms with Crippen LogP contribution >= 0.6 is 0 Å². The predicted octanol–water partition coefficient (Wildman–Crippen LogP) is 4.03. The molecule has 28 heavy (non-hydrogen) atoms. The van der Waals surface area contributed by atoms with Crippen molar-refractivity contribution in [2.75, 3.05) is 19.0 Å². The van der Waals surface area contributed by atoms with Gasteiger partial charge in [0.1, 0.15) is 0 Å². The van der Waals surface area contributed by atoms with Crippen LogP contribution in [0.25, 0.3) is 16.6 Å². The van der Waals surface area contributed by atoms with Crippen LogP contribution in [0.1, 0.15) is 16.1 Å². The van der Waals surface area contributed by atoms with Gasteiger partial charge < -0.3 is 14.6 Å². The normalized spacial score (nSPS) is 11.1. The van der Waals surface area contributed by atoms with Gasteiger partial charge in [-0.2, -0.15) is 5.10 Å². The quantitative estimate of drug-likeness (QED) is 0.554. The summed E-state index contributed by atoms with van der Waals surface area (Å²) in [5.74, 6) is -0.170. The van der Waals surface area contributed by atoms with Gasteiger partial charge in [-0.25, -0.2) is 4.68 Å². The molecule has 0 aliphatic heterocycles. The van der Waals surface area contributed by atoms with E-state index in [-0.39, 0.29) is 5.91 Å². The molecule has 6 nitrogen and oxygen atoms in total. The van der Waals surface area contributed by atoms with Crippen LogP contribution in [0.5, 0.6) is 0 Å². The molecule has 1 N–H and O–H groups in total. The van der Waals surface area contributed by atoms with Crippen molar-refractivity contribution in [3.8, 4) is 5.69 Å². The van der Waals surface area contributed by atoms with E-state index in [9.17, 15) is 4.79 Å². The van der Waals surface area contributed by atoms with Gasteiger partial charge in [0.25, 0.3) is 5.91 Å². The summed E-state index contributed by atoms with van der Waals surface area (Å²) in [4.78, 5) is 12.9. The third-order valence-corrected chi connectivity index (χ3v) is 4.85. The standard InChI is InChI=1S/C22H22N4O2/c1-16-19(15-23-26(16)17-7-4-3-5-8-17)22(27)24-20-9-6-10-21-18(20)11-12-25(21)13-14-28-2/h3-12,15H,13-14H2,1-2H3,(H,24,27). The number of carbonyl (C=O) groups excluding carboxylic acids is 1. The number of rotatable bonds is 6. The summed E-state index contributed by atoms with van der Waals surface area (Å²) in [5, 5.41) is 8.43. The van der Waals surface area contributed by atoms with Crippen molar-refractivity contribution in [2.45, 2.75) is 13.5 Å². The first kappa shape index (κ1) is 18.0. The van der Waals surface area contributed by atoms with Crippen molar-refractivity contribution in [1.82, 2.24) is 14.3 Å². The number of fused-ring (bicyclic) bond motifs is 1. The fraction of sp³-hybridized carbons (Fsp3) is 0.182. The topological polar surface area (TPSA) is 61.1 Å². The summed E-state index contributed by atoms with van der Waals surface area (Å²) in [5.41, 5.74) is 4.13.